The molecule has 2 rings (SSSR count). The molecule has 0 aliphatic heterocycles. The molecule has 0 spiro atoms. The van der Waals surface area contributed by atoms with Gasteiger partial charge in [-0.3, -0.25) is 0 Å². The van der Waals surface area contributed by atoms with Crippen LogP contribution in [0.1, 0.15) is 16.5 Å². The first-order chi connectivity index (χ1) is 8.20. The Hall–Kier alpha value is -0.840. The van der Waals surface area contributed by atoms with Gasteiger partial charge in [0.1, 0.15) is 11.9 Å². The zero-order valence-corrected chi connectivity index (χ0v) is 11.9. The molecule has 0 saturated carbocycles. The third kappa shape index (κ3) is 3.09. The number of nitrogens with two attached hydrogens (primary N) is 1. The summed E-state index contributed by atoms with van der Waals surface area (Å²) in [6, 6.07) is 10.1. The summed E-state index contributed by atoms with van der Waals surface area (Å²) < 4.78 is 6.90. The number of benzene rings is 1. The van der Waals surface area contributed by atoms with Gasteiger partial charge in [0.05, 0.1) is 4.47 Å². The van der Waals surface area contributed by atoms with Crippen molar-refractivity contribution in [1.82, 2.24) is 0 Å². The van der Waals surface area contributed by atoms with Gasteiger partial charge in [0, 0.05) is 11.4 Å². The molecule has 1 aromatic heterocycles. The lowest BCUT2D eigenvalue weighted by Crippen LogP contribution is -2.17. The fourth-order valence-electron chi connectivity index (χ4n) is 1.55. The monoisotopic (exact) mass is 311 g/mol. The van der Waals surface area contributed by atoms with Crippen molar-refractivity contribution in [3.05, 3.63) is 50.6 Å². The first kappa shape index (κ1) is 12.6. The van der Waals surface area contributed by atoms with E-state index < -0.39 is 0 Å². The van der Waals surface area contributed by atoms with Gasteiger partial charge in [-0.1, -0.05) is 12.1 Å². The van der Waals surface area contributed by atoms with Crippen LogP contribution in [-0.2, 0) is 0 Å². The molecule has 0 aliphatic carbocycles. The molecule has 0 saturated heterocycles. The van der Waals surface area contributed by atoms with E-state index in [1.165, 1.54) is 5.56 Å². The van der Waals surface area contributed by atoms with E-state index in [-0.39, 0.29) is 6.10 Å². The highest BCUT2D eigenvalue weighted by molar-refractivity contribution is 9.10. The van der Waals surface area contributed by atoms with Crippen molar-refractivity contribution in [2.24, 2.45) is 5.73 Å². The molecule has 0 fully saturated rings. The topological polar surface area (TPSA) is 35.2 Å². The van der Waals surface area contributed by atoms with Crippen LogP contribution in [0, 0.1) is 6.92 Å². The maximum absolute atomic E-state index is 5.93. The van der Waals surface area contributed by atoms with Crippen LogP contribution in [0.4, 0.5) is 0 Å². The summed E-state index contributed by atoms with van der Waals surface area (Å²) in [4.78, 5) is 1.15. The summed E-state index contributed by atoms with van der Waals surface area (Å²) >= 11 is 5.17. The number of hydrogen-bond donors (Lipinski definition) is 1. The standard InChI is InChI=1S/C13H14BrNOS/c1-9-4-5-11(10(14)7-9)16-12(8-15)13-3-2-6-17-13/h2-7,12H,8,15H2,1H3. The van der Waals surface area contributed by atoms with E-state index in [1.54, 1.807) is 11.3 Å². The predicted molar refractivity (Wildman–Crippen MR) is 75.6 cm³/mol. The molecule has 0 radical (unpaired) electrons. The summed E-state index contributed by atoms with van der Waals surface area (Å²) in [6.07, 6.45) is -0.0750. The highest BCUT2D eigenvalue weighted by atomic mass is 79.9. The van der Waals surface area contributed by atoms with E-state index in [9.17, 15) is 0 Å². The van der Waals surface area contributed by atoms with Crippen molar-refractivity contribution >= 4 is 27.3 Å². The average molecular weight is 312 g/mol. The van der Waals surface area contributed by atoms with Gasteiger partial charge >= 0.3 is 0 Å². The van der Waals surface area contributed by atoms with Crippen LogP contribution in [0.5, 0.6) is 5.75 Å². The highest BCUT2D eigenvalue weighted by Crippen LogP contribution is 2.31. The number of ether oxygens (including phenoxy) is 1. The van der Waals surface area contributed by atoms with Gasteiger partial charge < -0.3 is 10.5 Å². The van der Waals surface area contributed by atoms with Gasteiger partial charge in [-0.05, 0) is 52.0 Å². The van der Waals surface area contributed by atoms with E-state index in [1.807, 2.05) is 42.6 Å². The smallest absolute Gasteiger partial charge is 0.145 e. The molecule has 2 N–H and O–H groups in total. The van der Waals surface area contributed by atoms with Gasteiger partial charge in [-0.25, -0.2) is 0 Å². The van der Waals surface area contributed by atoms with Crippen molar-refractivity contribution < 1.29 is 4.74 Å². The Kier molecular flexibility index (Phi) is 4.20. The van der Waals surface area contributed by atoms with Crippen LogP contribution in [0.25, 0.3) is 0 Å². The highest BCUT2D eigenvalue weighted by Gasteiger charge is 2.13. The summed E-state index contributed by atoms with van der Waals surface area (Å²) in [7, 11) is 0. The quantitative estimate of drug-likeness (QED) is 0.929. The van der Waals surface area contributed by atoms with Crippen LogP contribution in [0.3, 0.4) is 0 Å². The van der Waals surface area contributed by atoms with Crippen molar-refractivity contribution in [3.63, 3.8) is 0 Å². The second-order valence-electron chi connectivity index (χ2n) is 3.79. The van der Waals surface area contributed by atoms with Gasteiger partial charge in [0.15, 0.2) is 0 Å². The third-order valence-corrected chi connectivity index (χ3v) is 4.02. The molecular formula is C13H14BrNOS. The maximum atomic E-state index is 5.93. The SMILES string of the molecule is Cc1ccc(OC(CN)c2cccs2)c(Br)c1. The molecule has 4 heteroatoms. The number of halogens is 1. The number of aryl methyl sites for hydroxylation is 1. The fourth-order valence-corrected chi connectivity index (χ4v) is 2.91. The van der Waals surface area contributed by atoms with Crippen LogP contribution in [0.15, 0.2) is 40.2 Å². The molecule has 1 unspecified atom stereocenters. The first-order valence-corrected chi connectivity index (χ1v) is 7.04. The maximum Gasteiger partial charge on any atom is 0.145 e. The Morgan fingerprint density at radius 3 is 2.82 bits per heavy atom. The lowest BCUT2D eigenvalue weighted by molar-refractivity contribution is 0.216. The van der Waals surface area contributed by atoms with Crippen molar-refractivity contribution in [3.8, 4) is 5.75 Å². The van der Waals surface area contributed by atoms with Crippen molar-refractivity contribution in [1.29, 1.82) is 0 Å². The fraction of sp³-hybridized carbons (Fsp3) is 0.231. The Labute approximate surface area is 114 Å². The van der Waals surface area contributed by atoms with E-state index in [0.717, 1.165) is 15.1 Å². The zero-order valence-electron chi connectivity index (χ0n) is 9.52. The average Bonchev–Trinajstić information content (AvgIpc) is 2.81. The number of hydrogen-bond acceptors (Lipinski definition) is 3. The molecule has 0 bridgehead atoms. The molecule has 0 amide bonds. The summed E-state index contributed by atoms with van der Waals surface area (Å²) in [6.45, 7) is 2.52. The van der Waals surface area contributed by atoms with Crippen LogP contribution < -0.4 is 10.5 Å². The third-order valence-electron chi connectivity index (χ3n) is 2.43. The Bertz CT molecular complexity index is 484. The molecular weight excluding hydrogens is 298 g/mol. The molecule has 1 heterocycles. The van der Waals surface area contributed by atoms with Crippen LogP contribution in [-0.4, -0.2) is 6.54 Å². The van der Waals surface area contributed by atoms with Crippen LogP contribution in [0.2, 0.25) is 0 Å². The zero-order chi connectivity index (χ0) is 12.3. The lowest BCUT2D eigenvalue weighted by atomic mass is 10.2. The molecule has 1 aromatic carbocycles. The molecule has 0 aliphatic rings. The summed E-state index contributed by atoms with van der Waals surface area (Å²) in [5, 5.41) is 2.03. The Morgan fingerprint density at radius 1 is 1.41 bits per heavy atom. The lowest BCUT2D eigenvalue weighted by Gasteiger charge is -2.17. The predicted octanol–water partition coefficient (Wildman–Crippen LogP) is 3.90. The van der Waals surface area contributed by atoms with Gasteiger partial charge in [-0.15, -0.1) is 11.3 Å². The Morgan fingerprint density at radius 2 is 2.24 bits per heavy atom. The molecule has 17 heavy (non-hydrogen) atoms. The van der Waals surface area contributed by atoms with Crippen LogP contribution >= 0.6 is 27.3 Å². The molecule has 2 aromatic rings. The molecule has 2 nitrogen and oxygen atoms in total. The van der Waals surface area contributed by atoms with Gasteiger partial charge in [0.2, 0.25) is 0 Å². The normalized spacial score (nSPS) is 12.4. The first-order valence-electron chi connectivity index (χ1n) is 5.37. The number of thiophene rings is 1. The van der Waals surface area contributed by atoms with Gasteiger partial charge in [-0.2, -0.15) is 0 Å². The minimum atomic E-state index is -0.0750. The number of rotatable bonds is 4. The van der Waals surface area contributed by atoms with Crippen molar-refractivity contribution in [2.45, 2.75) is 13.0 Å². The molecule has 1 atom stereocenters. The van der Waals surface area contributed by atoms with Gasteiger partial charge in [0.25, 0.3) is 0 Å². The summed E-state index contributed by atoms with van der Waals surface area (Å²) in [5.74, 6) is 0.833. The summed E-state index contributed by atoms with van der Waals surface area (Å²) in [5.41, 5.74) is 6.96. The van der Waals surface area contributed by atoms with E-state index in [4.69, 9.17) is 10.5 Å². The van der Waals surface area contributed by atoms with E-state index >= 15 is 0 Å². The Balaban J connectivity index is 2.19. The minimum absolute atomic E-state index is 0.0750. The van der Waals surface area contributed by atoms with Crippen molar-refractivity contribution in [2.75, 3.05) is 6.54 Å². The molecule has 90 valence electrons. The van der Waals surface area contributed by atoms with E-state index in [0.29, 0.717) is 6.54 Å². The second kappa shape index (κ2) is 5.67. The minimum Gasteiger partial charge on any atom is -0.482 e. The van der Waals surface area contributed by atoms with E-state index in [2.05, 4.69) is 15.9 Å². The largest absolute Gasteiger partial charge is 0.482 e. The second-order valence-corrected chi connectivity index (χ2v) is 5.63.